The summed E-state index contributed by atoms with van der Waals surface area (Å²) in [7, 11) is 1.33. The van der Waals surface area contributed by atoms with Crippen molar-refractivity contribution in [3.8, 4) is 0 Å². The van der Waals surface area contributed by atoms with Gasteiger partial charge in [-0.3, -0.25) is 4.79 Å². The van der Waals surface area contributed by atoms with Crippen LogP contribution in [0.2, 0.25) is 0 Å². The van der Waals surface area contributed by atoms with Crippen molar-refractivity contribution < 1.29 is 29.3 Å². The number of ketones is 1. The van der Waals surface area contributed by atoms with E-state index in [9.17, 15) is 19.5 Å². The van der Waals surface area contributed by atoms with Gasteiger partial charge in [-0.1, -0.05) is 36.4 Å². The van der Waals surface area contributed by atoms with Gasteiger partial charge in [0.15, 0.2) is 5.78 Å². The van der Waals surface area contributed by atoms with Gasteiger partial charge in [0.25, 0.3) is 0 Å². The van der Waals surface area contributed by atoms with Crippen molar-refractivity contribution in [2.75, 3.05) is 13.7 Å². The minimum absolute atomic E-state index is 0.314. The van der Waals surface area contributed by atoms with Gasteiger partial charge in [0.1, 0.15) is 12.9 Å². The zero-order valence-electron chi connectivity index (χ0n) is 17.1. The van der Waals surface area contributed by atoms with Crippen molar-refractivity contribution in [2.45, 2.75) is 38.2 Å². The second-order valence-electron chi connectivity index (χ2n) is 7.26. The molecule has 2 N–H and O–H groups in total. The molecule has 0 heterocycles. The summed E-state index contributed by atoms with van der Waals surface area (Å²) in [6, 6.07) is 14.1. The van der Waals surface area contributed by atoms with Gasteiger partial charge in [0.2, 0.25) is 0 Å². The number of hydrogen-bond donors (Lipinski definition) is 2. The molecule has 0 aliphatic heterocycles. The van der Waals surface area contributed by atoms with Gasteiger partial charge >= 0.3 is 5.97 Å². The molecule has 2 rings (SSSR count). The molecule has 0 bridgehead atoms. The van der Waals surface area contributed by atoms with Crippen LogP contribution in [0.25, 0.3) is 0 Å². The van der Waals surface area contributed by atoms with Crippen molar-refractivity contribution in [3.63, 3.8) is 0 Å². The Labute approximate surface area is 176 Å². The van der Waals surface area contributed by atoms with Crippen molar-refractivity contribution in [1.82, 2.24) is 0 Å². The lowest BCUT2D eigenvalue weighted by atomic mass is 9.92. The average Bonchev–Trinajstić information content (AvgIpc) is 2.79. The lowest BCUT2D eigenvalue weighted by molar-refractivity contribution is -0.114. The number of carbonyl (C=O) groups is 3. The second kappa shape index (κ2) is 12.0. The molecule has 6 heteroatoms. The maximum atomic E-state index is 11.5. The number of Topliss-reactive ketones (excluding diaryl/α,β-unsaturated/α-hetero) is 1. The summed E-state index contributed by atoms with van der Waals surface area (Å²) in [5.74, 6) is -1.15. The van der Waals surface area contributed by atoms with Crippen LogP contribution in [0.5, 0.6) is 0 Å². The van der Waals surface area contributed by atoms with Crippen molar-refractivity contribution in [2.24, 2.45) is 5.92 Å². The standard InChI is InChI=1S/C24H28O6/c1-30-24(29)20-12-7-18(8-13-20)9-14-21(15-25)22(27)4-2-3-17-5-10-19(11-6-17)23(28)16-26/h5-8,10-13,15,21-22,26-27H,2-4,9,14,16H2,1H3. The van der Waals surface area contributed by atoms with Crippen molar-refractivity contribution in [3.05, 3.63) is 70.8 Å². The number of aliphatic hydroxyl groups excluding tert-OH is 2. The number of rotatable bonds is 12. The minimum atomic E-state index is -0.716. The molecule has 0 amide bonds. The molecular formula is C24H28O6. The van der Waals surface area contributed by atoms with Crippen LogP contribution in [0.15, 0.2) is 48.5 Å². The number of hydrogen-bond acceptors (Lipinski definition) is 6. The predicted octanol–water partition coefficient (Wildman–Crippen LogP) is 2.78. The van der Waals surface area contributed by atoms with Crippen LogP contribution < -0.4 is 0 Å². The van der Waals surface area contributed by atoms with Gasteiger partial charge in [-0.05, 0) is 55.4 Å². The quantitative estimate of drug-likeness (QED) is 0.316. The molecule has 0 saturated carbocycles. The number of benzene rings is 2. The van der Waals surface area contributed by atoms with E-state index in [1.807, 2.05) is 24.3 Å². The topological polar surface area (TPSA) is 101 Å². The summed E-state index contributed by atoms with van der Waals surface area (Å²) in [6.45, 7) is -0.506. The highest BCUT2D eigenvalue weighted by Crippen LogP contribution is 2.18. The van der Waals surface area contributed by atoms with E-state index in [0.29, 0.717) is 36.8 Å². The highest BCUT2D eigenvalue weighted by atomic mass is 16.5. The first-order chi connectivity index (χ1) is 14.5. The molecule has 6 nitrogen and oxygen atoms in total. The monoisotopic (exact) mass is 412 g/mol. The maximum Gasteiger partial charge on any atom is 0.337 e. The molecule has 0 spiro atoms. The second-order valence-corrected chi connectivity index (χ2v) is 7.26. The third kappa shape index (κ3) is 6.90. The van der Waals surface area contributed by atoms with E-state index in [1.165, 1.54) is 7.11 Å². The van der Waals surface area contributed by atoms with E-state index in [-0.39, 0.29) is 5.78 Å². The normalized spacial score (nSPS) is 12.8. The van der Waals surface area contributed by atoms with E-state index in [0.717, 1.165) is 23.8 Å². The Morgan fingerprint density at radius 3 is 2.03 bits per heavy atom. The average molecular weight is 412 g/mol. The van der Waals surface area contributed by atoms with Crippen LogP contribution in [-0.4, -0.2) is 48.1 Å². The largest absolute Gasteiger partial charge is 0.465 e. The molecule has 0 radical (unpaired) electrons. The Morgan fingerprint density at radius 2 is 1.50 bits per heavy atom. The van der Waals surface area contributed by atoms with E-state index < -0.39 is 24.6 Å². The minimum Gasteiger partial charge on any atom is -0.465 e. The fraction of sp³-hybridized carbons (Fsp3) is 0.375. The number of methoxy groups -OCH3 is 1. The zero-order valence-corrected chi connectivity index (χ0v) is 17.1. The molecule has 2 aromatic rings. The molecule has 160 valence electrons. The molecule has 30 heavy (non-hydrogen) atoms. The fourth-order valence-corrected chi connectivity index (χ4v) is 3.29. The third-order valence-electron chi connectivity index (χ3n) is 5.20. The first-order valence-electron chi connectivity index (χ1n) is 10.0. The number of ether oxygens (including phenoxy) is 1. The van der Waals surface area contributed by atoms with E-state index in [1.54, 1.807) is 24.3 Å². The Hall–Kier alpha value is -2.83. The van der Waals surface area contributed by atoms with E-state index in [2.05, 4.69) is 4.74 Å². The molecule has 2 aromatic carbocycles. The summed E-state index contributed by atoms with van der Waals surface area (Å²) < 4.78 is 4.67. The van der Waals surface area contributed by atoms with Gasteiger partial charge < -0.3 is 19.7 Å². The zero-order chi connectivity index (χ0) is 21.9. The lowest BCUT2D eigenvalue weighted by Gasteiger charge is -2.18. The smallest absolute Gasteiger partial charge is 0.337 e. The molecule has 0 aliphatic carbocycles. The van der Waals surface area contributed by atoms with Gasteiger partial charge in [0, 0.05) is 11.5 Å². The third-order valence-corrected chi connectivity index (χ3v) is 5.20. The van der Waals surface area contributed by atoms with Crippen LogP contribution in [0.1, 0.15) is 51.1 Å². The highest BCUT2D eigenvalue weighted by molar-refractivity contribution is 5.96. The molecule has 2 unspecified atom stereocenters. The van der Waals surface area contributed by atoms with Crippen LogP contribution in [0.3, 0.4) is 0 Å². The lowest BCUT2D eigenvalue weighted by Crippen LogP contribution is -2.22. The van der Waals surface area contributed by atoms with Crippen LogP contribution in [0, 0.1) is 5.92 Å². The summed E-state index contributed by atoms with van der Waals surface area (Å²) in [5, 5.41) is 19.3. The Morgan fingerprint density at radius 1 is 0.933 bits per heavy atom. The molecular weight excluding hydrogens is 384 g/mol. The van der Waals surface area contributed by atoms with Crippen molar-refractivity contribution >= 4 is 18.0 Å². The number of aliphatic hydroxyl groups is 2. The first-order valence-corrected chi connectivity index (χ1v) is 10.0. The SMILES string of the molecule is COC(=O)c1ccc(CCC(C=O)C(O)CCCc2ccc(C(=O)CO)cc2)cc1. The van der Waals surface area contributed by atoms with Gasteiger partial charge in [-0.2, -0.15) is 0 Å². The maximum absolute atomic E-state index is 11.5. The van der Waals surface area contributed by atoms with Gasteiger partial charge in [-0.15, -0.1) is 0 Å². The van der Waals surface area contributed by atoms with Crippen LogP contribution in [0.4, 0.5) is 0 Å². The van der Waals surface area contributed by atoms with Gasteiger partial charge in [0.05, 0.1) is 18.8 Å². The Balaban J connectivity index is 1.79. The number of aryl methyl sites for hydroxylation is 2. The van der Waals surface area contributed by atoms with Gasteiger partial charge in [-0.25, -0.2) is 4.79 Å². The molecule has 2 atom stereocenters. The fourth-order valence-electron chi connectivity index (χ4n) is 3.29. The Kier molecular flexibility index (Phi) is 9.38. The van der Waals surface area contributed by atoms with Crippen LogP contribution in [-0.2, 0) is 22.4 Å². The number of esters is 1. The summed E-state index contributed by atoms with van der Waals surface area (Å²) in [6.07, 6.45) is 3.19. The van der Waals surface area contributed by atoms with E-state index in [4.69, 9.17) is 5.11 Å². The first kappa shape index (κ1) is 23.4. The Bertz CT molecular complexity index is 826. The predicted molar refractivity (Wildman–Crippen MR) is 112 cm³/mol. The van der Waals surface area contributed by atoms with Crippen LogP contribution >= 0.6 is 0 Å². The molecule has 0 saturated heterocycles. The number of aldehydes is 1. The molecule has 0 aliphatic rings. The summed E-state index contributed by atoms with van der Waals surface area (Å²) in [5.41, 5.74) is 2.97. The summed E-state index contributed by atoms with van der Waals surface area (Å²) >= 11 is 0. The molecule has 0 aromatic heterocycles. The van der Waals surface area contributed by atoms with E-state index >= 15 is 0 Å². The highest BCUT2D eigenvalue weighted by Gasteiger charge is 2.18. The van der Waals surface area contributed by atoms with Crippen molar-refractivity contribution in [1.29, 1.82) is 0 Å². The number of carbonyl (C=O) groups excluding carboxylic acids is 3. The summed E-state index contributed by atoms with van der Waals surface area (Å²) in [4.78, 5) is 34.3. The molecule has 0 fully saturated rings.